The predicted molar refractivity (Wildman–Crippen MR) is 53.4 cm³/mol. The minimum absolute atomic E-state index is 0.0764. The SMILES string of the molecule is C[Se]N([Se]C)C(=O)NC(C)(C)C. The van der Waals surface area contributed by atoms with Crippen molar-refractivity contribution in [2.45, 2.75) is 38.0 Å². The Labute approximate surface area is 87.4 Å². The first-order valence-electron chi connectivity index (χ1n) is 3.61. The second-order valence-corrected chi connectivity index (χ2v) is 7.54. The van der Waals surface area contributed by atoms with Crippen molar-refractivity contribution in [3.05, 3.63) is 0 Å². The molecule has 0 aliphatic rings. The Kier molecular flexibility index (Phi) is 5.26. The summed E-state index contributed by atoms with van der Waals surface area (Å²) in [7, 11) is 0. The van der Waals surface area contributed by atoms with E-state index >= 15 is 0 Å². The van der Waals surface area contributed by atoms with Crippen LogP contribution in [0.15, 0.2) is 0 Å². The molecule has 0 bridgehead atoms. The Morgan fingerprint density at radius 1 is 1.25 bits per heavy atom. The summed E-state index contributed by atoms with van der Waals surface area (Å²) in [5.74, 6) is 4.11. The van der Waals surface area contributed by atoms with Crippen LogP contribution in [0.25, 0.3) is 0 Å². The Balaban J connectivity index is 4.02. The van der Waals surface area contributed by atoms with Crippen LogP contribution in [0.4, 0.5) is 4.79 Å². The van der Waals surface area contributed by atoms with Gasteiger partial charge in [0.25, 0.3) is 0 Å². The van der Waals surface area contributed by atoms with E-state index < -0.39 is 0 Å². The first-order valence-corrected chi connectivity index (χ1v) is 8.57. The summed E-state index contributed by atoms with van der Waals surface area (Å²) in [5, 5.41) is 2.94. The van der Waals surface area contributed by atoms with Crippen LogP contribution >= 0.6 is 0 Å². The summed E-state index contributed by atoms with van der Waals surface area (Å²) < 4.78 is 1.89. The summed E-state index contributed by atoms with van der Waals surface area (Å²) in [5.41, 5.74) is -0.119. The molecule has 0 aliphatic carbocycles. The van der Waals surface area contributed by atoms with Gasteiger partial charge in [0.2, 0.25) is 0 Å². The molecule has 0 aromatic rings. The molecule has 0 fully saturated rings. The normalized spacial score (nSPS) is 11.1. The van der Waals surface area contributed by atoms with E-state index in [1.54, 1.807) is 0 Å². The quantitative estimate of drug-likeness (QED) is 0.762. The van der Waals surface area contributed by atoms with Crippen LogP contribution < -0.4 is 5.32 Å². The molecule has 0 spiro atoms. The summed E-state index contributed by atoms with van der Waals surface area (Å²) in [4.78, 5) is 11.5. The molecule has 0 saturated carbocycles. The molecule has 3 nitrogen and oxygen atoms in total. The predicted octanol–water partition coefficient (Wildman–Crippen LogP) is 1.13. The average molecular weight is 302 g/mol. The maximum atomic E-state index is 11.5. The molecular formula is C7H16N2OSe2. The number of hydrogen-bond donors (Lipinski definition) is 1. The van der Waals surface area contributed by atoms with Crippen molar-refractivity contribution in [1.29, 1.82) is 0 Å². The molecule has 0 atom stereocenters. The van der Waals surface area contributed by atoms with Gasteiger partial charge in [-0.2, -0.15) is 0 Å². The third kappa shape index (κ3) is 5.04. The van der Waals surface area contributed by atoms with Gasteiger partial charge in [-0.1, -0.05) is 0 Å². The molecule has 72 valence electrons. The Bertz CT molecular complexity index is 152. The van der Waals surface area contributed by atoms with E-state index in [1.807, 2.05) is 23.7 Å². The molecule has 0 rings (SSSR count). The van der Waals surface area contributed by atoms with Crippen LogP contribution in [0.2, 0.25) is 11.6 Å². The molecule has 0 radical (unpaired) electrons. The maximum absolute atomic E-state index is 11.5. The van der Waals surface area contributed by atoms with Gasteiger partial charge in [0.1, 0.15) is 0 Å². The third-order valence-corrected chi connectivity index (χ3v) is 6.32. The summed E-state index contributed by atoms with van der Waals surface area (Å²) in [6.07, 6.45) is 0. The molecule has 0 aliphatic heterocycles. The van der Waals surface area contributed by atoms with E-state index in [-0.39, 0.29) is 41.9 Å². The second-order valence-electron chi connectivity index (χ2n) is 3.30. The first kappa shape index (κ1) is 12.3. The number of carbonyl (C=O) groups is 1. The molecule has 12 heavy (non-hydrogen) atoms. The zero-order valence-corrected chi connectivity index (χ0v) is 11.6. The molecule has 0 saturated heterocycles. The number of urea groups is 1. The van der Waals surface area contributed by atoms with Gasteiger partial charge in [0, 0.05) is 0 Å². The summed E-state index contributed by atoms with van der Waals surface area (Å²) >= 11 is 0.564. The van der Waals surface area contributed by atoms with E-state index in [9.17, 15) is 4.79 Å². The van der Waals surface area contributed by atoms with Crippen molar-refractivity contribution < 1.29 is 4.79 Å². The first-order chi connectivity index (χ1) is 5.40. The molecule has 1 N–H and O–H groups in total. The summed E-state index contributed by atoms with van der Waals surface area (Å²) in [6, 6.07) is 0.0764. The van der Waals surface area contributed by atoms with Crippen molar-refractivity contribution >= 4 is 36.4 Å². The van der Waals surface area contributed by atoms with Crippen LogP contribution in [0.3, 0.4) is 0 Å². The molecule has 0 aromatic carbocycles. The minimum atomic E-state index is -0.119. The zero-order chi connectivity index (χ0) is 9.78. The van der Waals surface area contributed by atoms with Crippen molar-refractivity contribution in [2.75, 3.05) is 0 Å². The van der Waals surface area contributed by atoms with E-state index in [1.165, 1.54) is 0 Å². The Morgan fingerprint density at radius 3 is 1.92 bits per heavy atom. The molecule has 2 amide bonds. The number of rotatable bonds is 2. The molecular weight excluding hydrogens is 286 g/mol. The van der Waals surface area contributed by atoms with Crippen LogP contribution in [0, 0.1) is 0 Å². The van der Waals surface area contributed by atoms with Crippen molar-refractivity contribution in [1.82, 2.24) is 8.25 Å². The van der Waals surface area contributed by atoms with Crippen LogP contribution in [-0.4, -0.2) is 44.9 Å². The van der Waals surface area contributed by atoms with Crippen molar-refractivity contribution in [3.8, 4) is 0 Å². The number of nitrogens with one attached hydrogen (secondary N) is 1. The monoisotopic (exact) mass is 304 g/mol. The Hall–Kier alpha value is 0.309. The standard InChI is InChI=1S/C7H16N2OSe2/c1-7(2,3)8-6(10)9(11-4)12-5/h1-5H3,(H,8,10). The van der Waals surface area contributed by atoms with Crippen LogP contribution in [-0.2, 0) is 0 Å². The van der Waals surface area contributed by atoms with Crippen LogP contribution in [0.1, 0.15) is 20.8 Å². The van der Waals surface area contributed by atoms with Crippen molar-refractivity contribution in [2.24, 2.45) is 0 Å². The van der Waals surface area contributed by atoms with E-state index in [4.69, 9.17) is 0 Å². The van der Waals surface area contributed by atoms with Gasteiger partial charge in [-0.3, -0.25) is 0 Å². The van der Waals surface area contributed by atoms with Gasteiger partial charge in [0.15, 0.2) is 0 Å². The van der Waals surface area contributed by atoms with Crippen LogP contribution in [0.5, 0.6) is 0 Å². The molecule has 5 heteroatoms. The molecule has 0 heterocycles. The van der Waals surface area contributed by atoms with Gasteiger partial charge in [0.05, 0.1) is 0 Å². The number of nitrogens with zero attached hydrogens (tertiary/aromatic N) is 1. The fourth-order valence-corrected chi connectivity index (χ4v) is 3.43. The average Bonchev–Trinajstić information content (AvgIpc) is 1.85. The Morgan fingerprint density at radius 2 is 1.67 bits per heavy atom. The number of hydrogen-bond acceptors (Lipinski definition) is 1. The number of amides is 2. The van der Waals surface area contributed by atoms with E-state index in [0.29, 0.717) is 0 Å². The van der Waals surface area contributed by atoms with Gasteiger partial charge in [-0.25, -0.2) is 0 Å². The van der Waals surface area contributed by atoms with Gasteiger partial charge in [-0.05, 0) is 0 Å². The van der Waals surface area contributed by atoms with Crippen molar-refractivity contribution in [3.63, 3.8) is 0 Å². The second kappa shape index (κ2) is 5.13. The summed E-state index contributed by atoms with van der Waals surface area (Å²) in [6.45, 7) is 5.98. The fourth-order valence-electron chi connectivity index (χ4n) is 0.607. The zero-order valence-electron chi connectivity index (χ0n) is 8.17. The number of carbonyl (C=O) groups excluding carboxylic acids is 1. The molecule has 0 unspecified atom stereocenters. The van der Waals surface area contributed by atoms with E-state index in [2.05, 4.69) is 17.0 Å². The van der Waals surface area contributed by atoms with Gasteiger partial charge < -0.3 is 0 Å². The third-order valence-electron chi connectivity index (χ3n) is 0.979. The van der Waals surface area contributed by atoms with Gasteiger partial charge in [-0.15, -0.1) is 0 Å². The topological polar surface area (TPSA) is 32.3 Å². The van der Waals surface area contributed by atoms with Gasteiger partial charge >= 0.3 is 87.4 Å². The van der Waals surface area contributed by atoms with E-state index in [0.717, 1.165) is 0 Å². The fraction of sp³-hybridized carbons (Fsp3) is 0.857. The molecule has 0 aromatic heterocycles.